The van der Waals surface area contributed by atoms with Crippen LogP contribution >= 0.6 is 0 Å². The number of halogens is 1. The van der Waals surface area contributed by atoms with Crippen LogP contribution in [0.15, 0.2) is 42.5 Å². The number of nitrogens with one attached hydrogen (secondary N) is 3. The molecule has 0 atom stereocenters. The smallest absolute Gasteiger partial charge is 0.290 e. The zero-order valence-corrected chi connectivity index (χ0v) is 18.2. The molecule has 0 unspecified atom stereocenters. The Bertz CT molecular complexity index is 1150. The third-order valence-corrected chi connectivity index (χ3v) is 5.60. The lowest BCUT2D eigenvalue weighted by atomic mass is 9.95. The number of rotatable bonds is 5. The molecular formula is C24H26FN5O2. The first-order valence-corrected chi connectivity index (χ1v) is 10.7. The van der Waals surface area contributed by atoms with Gasteiger partial charge in [-0.3, -0.25) is 20.4 Å². The highest BCUT2D eigenvalue weighted by Crippen LogP contribution is 2.27. The van der Waals surface area contributed by atoms with Crippen molar-refractivity contribution >= 4 is 17.5 Å². The van der Waals surface area contributed by atoms with Gasteiger partial charge >= 0.3 is 0 Å². The summed E-state index contributed by atoms with van der Waals surface area (Å²) >= 11 is 0. The van der Waals surface area contributed by atoms with Crippen LogP contribution in [0.3, 0.4) is 0 Å². The maximum atomic E-state index is 13.3. The van der Waals surface area contributed by atoms with E-state index in [2.05, 4.69) is 21.3 Å². The molecule has 32 heavy (non-hydrogen) atoms. The fourth-order valence-corrected chi connectivity index (χ4v) is 3.99. The predicted octanol–water partition coefficient (Wildman–Crippen LogP) is 3.38. The maximum absolute atomic E-state index is 13.3. The molecule has 8 heteroatoms. The number of fused-ring (bicyclic) bond motifs is 1. The summed E-state index contributed by atoms with van der Waals surface area (Å²) in [6.45, 7) is 4.00. The third-order valence-electron chi connectivity index (χ3n) is 5.60. The zero-order valence-electron chi connectivity index (χ0n) is 18.2. The summed E-state index contributed by atoms with van der Waals surface area (Å²) in [6, 6.07) is 11.9. The van der Waals surface area contributed by atoms with Gasteiger partial charge < -0.3 is 5.32 Å². The van der Waals surface area contributed by atoms with Crippen molar-refractivity contribution in [3.63, 3.8) is 0 Å². The number of anilines is 1. The molecule has 1 aliphatic carbocycles. The van der Waals surface area contributed by atoms with Gasteiger partial charge in [0.05, 0.1) is 12.2 Å². The standard InChI is InChI=1S/C24H26FN5O2/c1-15-7-12-20(16(2)13-15)26-14-22(31)27-28-24(32)23-19-5-3-4-6-21(19)30(29-23)18-10-8-17(25)9-11-18/h7-13,26H,3-6,14H2,1-2H3,(H,27,31)(H,28,32). The minimum atomic E-state index is -0.469. The van der Waals surface area contributed by atoms with Crippen molar-refractivity contribution in [2.75, 3.05) is 11.9 Å². The van der Waals surface area contributed by atoms with Crippen molar-refractivity contribution in [3.8, 4) is 5.69 Å². The molecule has 0 spiro atoms. The average molecular weight is 436 g/mol. The molecule has 0 aliphatic heterocycles. The summed E-state index contributed by atoms with van der Waals surface area (Å²) in [4.78, 5) is 25.0. The van der Waals surface area contributed by atoms with E-state index in [1.165, 1.54) is 12.1 Å². The highest BCUT2D eigenvalue weighted by Gasteiger charge is 2.25. The van der Waals surface area contributed by atoms with E-state index in [4.69, 9.17) is 0 Å². The van der Waals surface area contributed by atoms with Crippen molar-refractivity contribution in [2.24, 2.45) is 0 Å². The first-order valence-electron chi connectivity index (χ1n) is 10.7. The number of aromatic nitrogens is 2. The van der Waals surface area contributed by atoms with E-state index in [1.54, 1.807) is 16.8 Å². The molecule has 2 amide bonds. The molecule has 0 bridgehead atoms. The summed E-state index contributed by atoms with van der Waals surface area (Å²) in [5, 5.41) is 7.57. The number of hydrogen-bond acceptors (Lipinski definition) is 4. The van der Waals surface area contributed by atoms with E-state index < -0.39 is 5.91 Å². The predicted molar refractivity (Wildman–Crippen MR) is 120 cm³/mol. The highest BCUT2D eigenvalue weighted by molar-refractivity contribution is 5.95. The van der Waals surface area contributed by atoms with Crippen LogP contribution in [0.25, 0.3) is 5.69 Å². The molecule has 1 aliphatic rings. The second-order valence-corrected chi connectivity index (χ2v) is 8.04. The first kappa shape index (κ1) is 21.5. The average Bonchev–Trinajstić information content (AvgIpc) is 3.17. The number of nitrogens with zero attached hydrogens (tertiary/aromatic N) is 2. The first-order chi connectivity index (χ1) is 15.4. The monoisotopic (exact) mass is 435 g/mol. The van der Waals surface area contributed by atoms with Gasteiger partial charge in [-0.05, 0) is 75.4 Å². The number of hydrogen-bond donors (Lipinski definition) is 3. The van der Waals surface area contributed by atoms with Crippen LogP contribution < -0.4 is 16.2 Å². The minimum Gasteiger partial charge on any atom is -0.376 e. The van der Waals surface area contributed by atoms with Crippen LogP contribution in [0, 0.1) is 19.7 Å². The minimum absolute atomic E-state index is 0.0201. The number of amides is 2. The topological polar surface area (TPSA) is 88.1 Å². The second-order valence-electron chi connectivity index (χ2n) is 8.04. The molecule has 0 fully saturated rings. The quantitative estimate of drug-likeness (QED) is 0.536. The zero-order chi connectivity index (χ0) is 22.7. The fourth-order valence-electron chi connectivity index (χ4n) is 3.99. The van der Waals surface area contributed by atoms with Crippen molar-refractivity contribution in [1.82, 2.24) is 20.6 Å². The molecule has 0 radical (unpaired) electrons. The van der Waals surface area contributed by atoms with Gasteiger partial charge in [0.15, 0.2) is 5.69 Å². The van der Waals surface area contributed by atoms with Gasteiger partial charge in [-0.25, -0.2) is 9.07 Å². The molecule has 2 aromatic carbocycles. The number of benzene rings is 2. The Hall–Kier alpha value is -3.68. The summed E-state index contributed by atoms with van der Waals surface area (Å²) < 4.78 is 15.0. The van der Waals surface area contributed by atoms with Crippen molar-refractivity contribution in [3.05, 3.63) is 76.4 Å². The van der Waals surface area contributed by atoms with Crippen LogP contribution in [0.5, 0.6) is 0 Å². The van der Waals surface area contributed by atoms with Crippen molar-refractivity contribution < 1.29 is 14.0 Å². The van der Waals surface area contributed by atoms with Crippen LogP contribution in [-0.4, -0.2) is 28.1 Å². The Labute approximate surface area is 186 Å². The Kier molecular flexibility index (Phi) is 6.20. The molecule has 7 nitrogen and oxygen atoms in total. The van der Waals surface area contributed by atoms with Crippen LogP contribution in [0.1, 0.15) is 45.7 Å². The SMILES string of the molecule is Cc1ccc(NCC(=O)NNC(=O)c2nn(-c3ccc(F)cc3)c3c2CCCC3)c(C)c1. The van der Waals surface area contributed by atoms with E-state index in [-0.39, 0.29) is 24.0 Å². The largest absolute Gasteiger partial charge is 0.376 e. The molecule has 1 heterocycles. The summed E-state index contributed by atoms with van der Waals surface area (Å²) in [5.41, 5.74) is 10.8. The van der Waals surface area contributed by atoms with Gasteiger partial charge in [0, 0.05) is 16.9 Å². The number of carbonyl (C=O) groups excluding carboxylic acids is 2. The van der Waals surface area contributed by atoms with Gasteiger partial charge in [-0.1, -0.05) is 17.7 Å². The van der Waals surface area contributed by atoms with Gasteiger partial charge in [0.25, 0.3) is 11.8 Å². The number of hydrazine groups is 1. The van der Waals surface area contributed by atoms with Gasteiger partial charge in [-0.2, -0.15) is 5.10 Å². The highest BCUT2D eigenvalue weighted by atomic mass is 19.1. The van der Waals surface area contributed by atoms with Gasteiger partial charge in [-0.15, -0.1) is 0 Å². The van der Waals surface area contributed by atoms with E-state index in [9.17, 15) is 14.0 Å². The van der Waals surface area contributed by atoms with E-state index in [0.717, 1.165) is 53.8 Å². The van der Waals surface area contributed by atoms with Crippen molar-refractivity contribution in [1.29, 1.82) is 0 Å². The van der Waals surface area contributed by atoms with Crippen LogP contribution in [-0.2, 0) is 17.6 Å². The number of carbonyl (C=O) groups is 2. The molecule has 3 N–H and O–H groups in total. The lowest BCUT2D eigenvalue weighted by molar-refractivity contribution is -0.120. The Morgan fingerprint density at radius 1 is 1.03 bits per heavy atom. The van der Waals surface area contributed by atoms with Gasteiger partial charge in [0.2, 0.25) is 0 Å². The Morgan fingerprint density at radius 3 is 2.53 bits per heavy atom. The maximum Gasteiger partial charge on any atom is 0.290 e. The molecule has 1 aromatic heterocycles. The summed E-state index contributed by atoms with van der Waals surface area (Å²) in [5.74, 6) is -1.17. The Balaban J connectivity index is 1.43. The lowest BCUT2D eigenvalue weighted by Gasteiger charge is -2.14. The molecule has 4 rings (SSSR count). The molecule has 166 valence electrons. The van der Waals surface area contributed by atoms with Gasteiger partial charge in [0.1, 0.15) is 5.82 Å². The molecule has 3 aromatic rings. The second kappa shape index (κ2) is 9.21. The van der Waals surface area contributed by atoms with E-state index >= 15 is 0 Å². The van der Waals surface area contributed by atoms with Crippen LogP contribution in [0.4, 0.5) is 10.1 Å². The van der Waals surface area contributed by atoms with Crippen LogP contribution in [0.2, 0.25) is 0 Å². The normalized spacial score (nSPS) is 12.7. The van der Waals surface area contributed by atoms with Crippen molar-refractivity contribution in [2.45, 2.75) is 39.5 Å². The molecular weight excluding hydrogens is 409 g/mol. The Morgan fingerprint density at radius 2 is 1.78 bits per heavy atom. The summed E-state index contributed by atoms with van der Waals surface area (Å²) in [6.07, 6.45) is 3.50. The lowest BCUT2D eigenvalue weighted by Crippen LogP contribution is -2.44. The molecule has 0 saturated heterocycles. The third kappa shape index (κ3) is 4.64. The number of aryl methyl sites for hydroxylation is 2. The van der Waals surface area contributed by atoms with E-state index in [1.807, 2.05) is 32.0 Å². The summed E-state index contributed by atoms with van der Waals surface area (Å²) in [7, 11) is 0. The fraction of sp³-hybridized carbons (Fsp3) is 0.292. The molecule has 0 saturated carbocycles. The van der Waals surface area contributed by atoms with E-state index in [0.29, 0.717) is 5.69 Å².